The summed E-state index contributed by atoms with van der Waals surface area (Å²) in [6.07, 6.45) is -4.44. The average Bonchev–Trinajstić information content (AvgIpc) is 0.813. The Hall–Kier alpha value is -13.7. The van der Waals surface area contributed by atoms with Gasteiger partial charge in [0, 0.05) is 12.0 Å². The van der Waals surface area contributed by atoms with Crippen LogP contribution < -0.4 is 42.6 Å². The Morgan fingerprint density at radius 1 is 0.217 bits per heavy atom. The number of ether oxygens (including phenoxy) is 24. The fourth-order valence-electron chi connectivity index (χ4n) is 13.4. The molecule has 0 spiro atoms. The van der Waals surface area contributed by atoms with Crippen molar-refractivity contribution < 1.29 is 152 Å². The molecule has 0 saturated heterocycles. The highest BCUT2D eigenvalue weighted by atomic mass is 16.8. The maximum Gasteiger partial charge on any atom is 0.511 e. The van der Waals surface area contributed by atoms with Crippen LogP contribution in [-0.2, 0) is 127 Å². The molecule has 0 aliphatic carbocycles. The number of hydrogen-bond donors (Lipinski definition) is 0. The van der Waals surface area contributed by atoms with E-state index in [1.807, 2.05) is 67.6 Å². The standard InChI is InChI=1S/C106H134O32/c1-27-80-57-89(116-59-90(107)131-99(2,3)4)58-81(91(80)115-26)43-79-42-78(55-88(56-79)123-66-130-98(114)138-106(23,24)25)41-77-40-76(53-87(54-77)122-65-129-97(113)137-105(20,21)22)39-75-38-74(51-86(52-75)121-64-128-96(112)136-104(17,18)19)37-73-36-72(49-85(50-73)120-63-127-95(111)135-103(14,15)16)35-71-34-70(47-84(48-71)119-62-126-94(110)134-102(11,12)13)33-69-32-68(45-83(46-69)118-61-125-93(109)133-101(8,9)10)31-67-29-28-30-82(44-67)117-60-124-92(108)132-100(5,6)7/h28-30,32,34,36,38,40,42,44-58H,27,31,33,35,37,39,41,43,59-66H2,1-26H3. The van der Waals surface area contributed by atoms with Crippen molar-refractivity contribution in [3.8, 4) is 51.7 Å². The Balaban J connectivity index is 1.22. The summed E-state index contributed by atoms with van der Waals surface area (Å²) in [5.41, 5.74) is 4.11. The topological polar surface area (TPSA) is 358 Å². The van der Waals surface area contributed by atoms with Gasteiger partial charge >= 0.3 is 49.1 Å². The van der Waals surface area contributed by atoms with Gasteiger partial charge < -0.3 is 114 Å². The molecule has 750 valence electrons. The first kappa shape index (κ1) is 110. The molecule has 138 heavy (non-hydrogen) atoms. The number of aryl methyl sites for hydroxylation is 1. The van der Waals surface area contributed by atoms with E-state index < -0.39 is 141 Å². The van der Waals surface area contributed by atoms with E-state index in [1.54, 1.807) is 258 Å². The van der Waals surface area contributed by atoms with Gasteiger partial charge in [-0.25, -0.2) is 38.4 Å². The Kier molecular flexibility index (Phi) is 38.8. The molecule has 0 unspecified atom stereocenters. The fraction of sp³-hybridized carbons (Fsp3) is 0.472. The normalized spacial score (nSPS) is 11.8. The van der Waals surface area contributed by atoms with Crippen molar-refractivity contribution >= 4 is 49.1 Å². The maximum absolute atomic E-state index is 13.1. The Morgan fingerprint density at radius 3 is 0.630 bits per heavy atom. The molecular weight excluding hydrogens is 1790 g/mol. The van der Waals surface area contributed by atoms with E-state index in [2.05, 4.69) is 0 Å². The molecule has 0 aliphatic heterocycles. The molecule has 0 amide bonds. The number of methoxy groups -OCH3 is 1. The first-order valence-electron chi connectivity index (χ1n) is 45.1. The highest BCUT2D eigenvalue weighted by Gasteiger charge is 2.28. The molecule has 8 aromatic rings. The van der Waals surface area contributed by atoms with Gasteiger partial charge in [0.15, 0.2) is 6.61 Å². The van der Waals surface area contributed by atoms with Gasteiger partial charge in [-0.05, 0) is 386 Å². The SMILES string of the molecule is CCc1cc(OCC(=O)OC(C)(C)C)cc(Cc2cc(Cc3cc(Cc4cc(Cc5cc(Cc6cc(Cc7cc(Cc8cccc(OCOC(=O)OC(C)(C)C)c8)cc(OCOC(=O)OC(C)(C)C)c7)cc(OCOC(=O)OC(C)(C)C)c6)cc(OCOC(=O)OC(C)(C)C)c5)cc(OCOC(=O)OC(C)(C)C)c4)cc(OCOC(=O)OC(C)(C)C)c3)cc(OCOC(=O)OC(C)(C)C)c2)c1OC. The zero-order valence-corrected chi connectivity index (χ0v) is 84.2. The van der Waals surface area contributed by atoms with Crippen LogP contribution in [0.4, 0.5) is 33.6 Å². The lowest BCUT2D eigenvalue weighted by molar-refractivity contribution is -0.157. The van der Waals surface area contributed by atoms with Crippen molar-refractivity contribution in [1.82, 2.24) is 0 Å². The Labute approximate surface area is 808 Å². The number of hydrogen-bond acceptors (Lipinski definition) is 32. The third kappa shape index (κ3) is 43.6. The minimum Gasteiger partial charge on any atom is -0.496 e. The third-order valence-electron chi connectivity index (χ3n) is 18.0. The van der Waals surface area contributed by atoms with Gasteiger partial charge in [0.2, 0.25) is 47.6 Å². The first-order valence-corrected chi connectivity index (χ1v) is 45.1. The average molecular weight is 1920 g/mol. The van der Waals surface area contributed by atoms with Crippen molar-refractivity contribution in [3.63, 3.8) is 0 Å². The zero-order chi connectivity index (χ0) is 102. The second-order valence-electron chi connectivity index (χ2n) is 40.4. The van der Waals surface area contributed by atoms with Gasteiger partial charge in [-0.3, -0.25) is 0 Å². The van der Waals surface area contributed by atoms with Crippen LogP contribution in [0, 0.1) is 0 Å². The number of carbonyl (C=O) groups is 8. The smallest absolute Gasteiger partial charge is 0.496 e. The van der Waals surface area contributed by atoms with Crippen LogP contribution in [0.1, 0.15) is 257 Å². The summed E-state index contributed by atoms with van der Waals surface area (Å²) in [4.78, 5) is 103. The van der Waals surface area contributed by atoms with E-state index in [9.17, 15) is 38.4 Å². The van der Waals surface area contributed by atoms with Crippen LogP contribution in [0.25, 0.3) is 0 Å². The quantitative estimate of drug-likeness (QED) is 0.0195. The molecule has 0 aromatic heterocycles. The second-order valence-corrected chi connectivity index (χ2v) is 40.4. The molecule has 0 N–H and O–H groups in total. The van der Waals surface area contributed by atoms with Crippen LogP contribution in [0.3, 0.4) is 0 Å². The van der Waals surface area contributed by atoms with Gasteiger partial charge in [0.05, 0.1) is 7.11 Å². The summed E-state index contributed by atoms with van der Waals surface area (Å²) in [5, 5.41) is 0. The van der Waals surface area contributed by atoms with E-state index in [0.717, 1.165) is 38.9 Å². The van der Waals surface area contributed by atoms with Crippen LogP contribution in [0.5, 0.6) is 51.7 Å². The summed E-state index contributed by atoms with van der Waals surface area (Å²) in [5.74, 6) is 2.72. The number of esters is 1. The predicted octanol–water partition coefficient (Wildman–Crippen LogP) is 23.1. The van der Waals surface area contributed by atoms with Gasteiger partial charge in [0.25, 0.3) is 0 Å². The minimum absolute atomic E-state index is 0.184. The van der Waals surface area contributed by atoms with Crippen LogP contribution >= 0.6 is 0 Å². The molecule has 8 rings (SSSR count). The fourth-order valence-corrected chi connectivity index (χ4v) is 13.4. The molecule has 0 atom stereocenters. The van der Waals surface area contributed by atoms with E-state index in [4.69, 9.17) is 114 Å². The first-order chi connectivity index (χ1) is 64.3. The Morgan fingerprint density at radius 2 is 0.413 bits per heavy atom. The summed E-state index contributed by atoms with van der Waals surface area (Å²) in [6, 6.07) is 44.4. The molecule has 32 nitrogen and oxygen atoms in total. The van der Waals surface area contributed by atoms with Crippen LogP contribution in [-0.4, -0.2) is 155 Å². The molecule has 0 saturated carbocycles. The maximum atomic E-state index is 13.1. The third-order valence-corrected chi connectivity index (χ3v) is 18.0. The molecule has 8 aromatic carbocycles. The van der Waals surface area contributed by atoms with Crippen LogP contribution in [0.2, 0.25) is 0 Å². The number of rotatable bonds is 40. The Bertz CT molecular complexity index is 5460. The van der Waals surface area contributed by atoms with Crippen molar-refractivity contribution in [1.29, 1.82) is 0 Å². The van der Waals surface area contributed by atoms with E-state index in [1.165, 1.54) is 0 Å². The molecular formula is C106H134O32. The van der Waals surface area contributed by atoms with Gasteiger partial charge in [-0.2, -0.15) is 0 Å². The largest absolute Gasteiger partial charge is 0.511 e. The summed E-state index contributed by atoms with van der Waals surface area (Å²) in [7, 11) is 1.58. The lowest BCUT2D eigenvalue weighted by atomic mass is 9.94. The number of carbonyl (C=O) groups excluding carboxylic acids is 8. The minimum atomic E-state index is -0.970. The second kappa shape index (κ2) is 48.9. The van der Waals surface area contributed by atoms with Gasteiger partial charge in [-0.1, -0.05) is 55.5 Å². The lowest BCUT2D eigenvalue weighted by Gasteiger charge is -2.20. The van der Waals surface area contributed by atoms with Crippen molar-refractivity contribution in [3.05, 3.63) is 229 Å². The number of benzene rings is 8. The molecule has 0 heterocycles. The van der Waals surface area contributed by atoms with E-state index >= 15 is 0 Å². The molecule has 0 fully saturated rings. The van der Waals surface area contributed by atoms with Crippen molar-refractivity contribution in [2.45, 2.75) is 269 Å². The highest BCUT2D eigenvalue weighted by Crippen LogP contribution is 2.37. The molecule has 0 aliphatic rings. The van der Waals surface area contributed by atoms with Crippen molar-refractivity contribution in [2.75, 3.05) is 61.3 Å². The highest BCUT2D eigenvalue weighted by molar-refractivity contribution is 5.72. The zero-order valence-electron chi connectivity index (χ0n) is 84.2. The van der Waals surface area contributed by atoms with Crippen LogP contribution in [0.15, 0.2) is 146 Å². The monoisotopic (exact) mass is 1920 g/mol. The van der Waals surface area contributed by atoms with Gasteiger partial charge in [0.1, 0.15) is 96.6 Å². The summed E-state index contributed by atoms with van der Waals surface area (Å²) in [6.45, 7) is 39.2. The molecule has 32 heteroatoms. The van der Waals surface area contributed by atoms with E-state index in [0.29, 0.717) is 97.6 Å². The summed E-state index contributed by atoms with van der Waals surface area (Å²) >= 11 is 0. The lowest BCUT2D eigenvalue weighted by Crippen LogP contribution is -2.27. The van der Waals surface area contributed by atoms with E-state index in [-0.39, 0.29) is 56.6 Å². The van der Waals surface area contributed by atoms with Gasteiger partial charge in [-0.15, -0.1) is 0 Å². The van der Waals surface area contributed by atoms with Crippen molar-refractivity contribution in [2.24, 2.45) is 0 Å². The molecule has 0 radical (unpaired) electrons. The molecule has 0 bridgehead atoms. The predicted molar refractivity (Wildman–Crippen MR) is 508 cm³/mol. The summed E-state index contributed by atoms with van der Waals surface area (Å²) < 4.78 is 137.